The van der Waals surface area contributed by atoms with E-state index in [1.54, 1.807) is 6.08 Å². The standard InChI is InChI=1S/C31H50O4Si/c1-8-36(9-2,10-3)35-27-20-31(6)25(21(4)11-16-28(33)34-7)14-15-26(31)24-13-12-22-19-23(32)17-18-30(22,5)29(24)27/h11,16,19,21,24-27,29H,8-10,12-15,17-18,20H2,1-7H3/b16-11+/t21-,24?,25-,26?,27?,29?,30+,31-/m1/s1. The number of carbonyl (C=O) groups excluding carboxylic acids is 2. The van der Waals surface area contributed by atoms with Crippen molar-refractivity contribution in [2.75, 3.05) is 7.11 Å². The number of ether oxygens (including phenoxy) is 1. The molecule has 4 rings (SSSR count). The van der Waals surface area contributed by atoms with Crippen LogP contribution in [-0.4, -0.2) is 33.3 Å². The van der Waals surface area contributed by atoms with Crippen molar-refractivity contribution in [2.45, 2.75) is 111 Å². The predicted molar refractivity (Wildman–Crippen MR) is 148 cm³/mol. The molecule has 0 spiro atoms. The van der Waals surface area contributed by atoms with Crippen LogP contribution in [0, 0.1) is 40.4 Å². The maximum absolute atomic E-state index is 12.4. The molecule has 0 aromatic carbocycles. The van der Waals surface area contributed by atoms with E-state index in [1.807, 2.05) is 6.08 Å². The van der Waals surface area contributed by atoms with Crippen LogP contribution in [0.3, 0.4) is 0 Å². The van der Waals surface area contributed by atoms with Gasteiger partial charge in [0.1, 0.15) is 0 Å². The van der Waals surface area contributed by atoms with Crippen molar-refractivity contribution in [3.05, 3.63) is 23.8 Å². The predicted octanol–water partition coefficient (Wildman–Crippen LogP) is 7.50. The molecule has 0 aliphatic heterocycles. The second-order valence-corrected chi connectivity index (χ2v) is 17.6. The lowest BCUT2D eigenvalue weighted by Gasteiger charge is -2.62. The number of esters is 1. The van der Waals surface area contributed by atoms with Gasteiger partial charge in [-0.2, -0.15) is 0 Å². The van der Waals surface area contributed by atoms with Crippen molar-refractivity contribution < 1.29 is 18.8 Å². The van der Waals surface area contributed by atoms with Gasteiger partial charge in [-0.05, 0) is 103 Å². The lowest BCUT2D eigenvalue weighted by molar-refractivity contribution is -0.135. The van der Waals surface area contributed by atoms with Crippen LogP contribution >= 0.6 is 0 Å². The van der Waals surface area contributed by atoms with Crippen LogP contribution in [0.1, 0.15) is 86.5 Å². The van der Waals surface area contributed by atoms with Gasteiger partial charge >= 0.3 is 5.97 Å². The Balaban J connectivity index is 1.73. The van der Waals surface area contributed by atoms with Gasteiger partial charge in [0.05, 0.1) is 7.11 Å². The van der Waals surface area contributed by atoms with Crippen molar-refractivity contribution in [1.82, 2.24) is 0 Å². The number of hydrogen-bond donors (Lipinski definition) is 0. The average molecular weight is 515 g/mol. The molecule has 4 unspecified atom stereocenters. The van der Waals surface area contributed by atoms with Crippen LogP contribution in [0.2, 0.25) is 18.1 Å². The van der Waals surface area contributed by atoms with Gasteiger partial charge in [0.25, 0.3) is 0 Å². The van der Waals surface area contributed by atoms with E-state index in [0.717, 1.165) is 19.3 Å². The van der Waals surface area contributed by atoms with Gasteiger partial charge in [-0.3, -0.25) is 4.79 Å². The van der Waals surface area contributed by atoms with Crippen LogP contribution in [-0.2, 0) is 18.8 Å². The first kappa shape index (κ1) is 27.8. The molecule has 3 fully saturated rings. The van der Waals surface area contributed by atoms with Crippen molar-refractivity contribution in [3.63, 3.8) is 0 Å². The second kappa shape index (κ2) is 10.5. The summed E-state index contributed by atoms with van der Waals surface area (Å²) in [5.41, 5.74) is 1.72. The van der Waals surface area contributed by atoms with E-state index in [0.29, 0.717) is 41.8 Å². The van der Waals surface area contributed by atoms with Crippen molar-refractivity contribution in [3.8, 4) is 0 Å². The monoisotopic (exact) mass is 514 g/mol. The van der Waals surface area contributed by atoms with Gasteiger partial charge in [-0.15, -0.1) is 0 Å². The summed E-state index contributed by atoms with van der Waals surface area (Å²) in [6, 6.07) is 3.52. The van der Waals surface area contributed by atoms with Crippen molar-refractivity contribution >= 4 is 20.1 Å². The third kappa shape index (κ3) is 4.61. The number of methoxy groups -OCH3 is 1. The van der Waals surface area contributed by atoms with Gasteiger partial charge in [0.2, 0.25) is 0 Å². The molecule has 4 nitrogen and oxygen atoms in total. The van der Waals surface area contributed by atoms with Crippen molar-refractivity contribution in [2.24, 2.45) is 40.4 Å². The lowest BCUT2D eigenvalue weighted by Crippen LogP contribution is -2.59. The normalized spacial score (nSPS) is 39.2. The number of allylic oxidation sites excluding steroid dienone is 2. The molecule has 0 saturated heterocycles. The van der Waals surface area contributed by atoms with Crippen LogP contribution in [0.25, 0.3) is 0 Å². The first-order valence-corrected chi connectivity index (χ1v) is 17.3. The lowest BCUT2D eigenvalue weighted by atomic mass is 9.45. The first-order valence-electron chi connectivity index (χ1n) is 14.7. The quantitative estimate of drug-likeness (QED) is 0.191. The minimum atomic E-state index is -1.81. The largest absolute Gasteiger partial charge is 0.466 e. The minimum absolute atomic E-state index is 0.0900. The summed E-state index contributed by atoms with van der Waals surface area (Å²) in [7, 11) is -0.358. The van der Waals surface area contributed by atoms with E-state index in [2.05, 4.69) is 47.6 Å². The van der Waals surface area contributed by atoms with E-state index < -0.39 is 8.32 Å². The zero-order valence-electron chi connectivity index (χ0n) is 23.9. The first-order chi connectivity index (χ1) is 17.1. The molecule has 0 amide bonds. The third-order valence-electron chi connectivity index (χ3n) is 11.7. The Morgan fingerprint density at radius 3 is 2.47 bits per heavy atom. The number of fused-ring (bicyclic) bond motifs is 5. The Kier molecular flexibility index (Phi) is 8.13. The van der Waals surface area contributed by atoms with Crippen LogP contribution < -0.4 is 0 Å². The molecular formula is C31H50O4Si. The van der Waals surface area contributed by atoms with Crippen LogP contribution in [0.5, 0.6) is 0 Å². The van der Waals surface area contributed by atoms with E-state index in [1.165, 1.54) is 50.1 Å². The molecule has 0 bridgehead atoms. The molecule has 202 valence electrons. The summed E-state index contributed by atoms with van der Waals surface area (Å²) in [4.78, 5) is 24.2. The minimum Gasteiger partial charge on any atom is -0.466 e. The highest BCUT2D eigenvalue weighted by Crippen LogP contribution is 2.68. The Morgan fingerprint density at radius 1 is 1.14 bits per heavy atom. The Morgan fingerprint density at radius 2 is 1.83 bits per heavy atom. The molecule has 4 aliphatic carbocycles. The SMILES string of the molecule is CC[Si](CC)(CC)OC1C[C@@]2(C)C(CC[C@@H]2[C@H](C)/C=C/C(=O)OC)C2CCC3=CC(=O)CC[C@]3(C)C12. The molecule has 0 aromatic heterocycles. The second-order valence-electron chi connectivity index (χ2n) is 12.9. The van der Waals surface area contributed by atoms with E-state index in [4.69, 9.17) is 9.16 Å². The van der Waals surface area contributed by atoms with Gasteiger partial charge in [0, 0.05) is 18.6 Å². The molecule has 3 saturated carbocycles. The van der Waals surface area contributed by atoms with Crippen molar-refractivity contribution in [1.29, 1.82) is 0 Å². The smallest absolute Gasteiger partial charge is 0.330 e. The maximum atomic E-state index is 12.4. The number of ketones is 1. The fourth-order valence-electron chi connectivity index (χ4n) is 9.42. The molecule has 0 aromatic rings. The number of carbonyl (C=O) groups is 2. The highest BCUT2D eigenvalue weighted by Gasteiger charge is 2.63. The Bertz CT molecular complexity index is 896. The van der Waals surface area contributed by atoms with Crippen LogP contribution in [0.4, 0.5) is 0 Å². The molecule has 5 heteroatoms. The van der Waals surface area contributed by atoms with E-state index in [9.17, 15) is 9.59 Å². The Labute approximate surface area is 220 Å². The molecule has 0 radical (unpaired) electrons. The average Bonchev–Trinajstić information content (AvgIpc) is 3.22. The highest BCUT2D eigenvalue weighted by molar-refractivity contribution is 6.73. The Hall–Kier alpha value is -1.20. The molecule has 0 N–H and O–H groups in total. The molecule has 36 heavy (non-hydrogen) atoms. The number of hydrogen-bond acceptors (Lipinski definition) is 4. The summed E-state index contributed by atoms with van der Waals surface area (Å²) < 4.78 is 12.4. The number of rotatable bonds is 8. The van der Waals surface area contributed by atoms with Gasteiger partial charge in [0.15, 0.2) is 14.1 Å². The van der Waals surface area contributed by atoms with Gasteiger partial charge in [-0.25, -0.2) is 4.79 Å². The fourth-order valence-corrected chi connectivity index (χ4v) is 12.3. The third-order valence-corrected chi connectivity index (χ3v) is 16.3. The van der Waals surface area contributed by atoms with Gasteiger partial charge in [-0.1, -0.05) is 53.2 Å². The summed E-state index contributed by atoms with van der Waals surface area (Å²) in [5, 5.41) is 0. The molecular weight excluding hydrogens is 464 g/mol. The summed E-state index contributed by atoms with van der Waals surface area (Å²) in [6.45, 7) is 14.3. The summed E-state index contributed by atoms with van der Waals surface area (Å²) in [6.07, 6.45) is 13.6. The fraction of sp³-hybridized carbons (Fsp3) is 0.806. The maximum Gasteiger partial charge on any atom is 0.330 e. The zero-order chi connectivity index (χ0) is 26.3. The van der Waals surface area contributed by atoms with E-state index in [-0.39, 0.29) is 22.9 Å². The summed E-state index contributed by atoms with van der Waals surface area (Å²) in [5.74, 6) is 2.81. The topological polar surface area (TPSA) is 52.6 Å². The van der Waals surface area contributed by atoms with Crippen LogP contribution in [0.15, 0.2) is 23.8 Å². The van der Waals surface area contributed by atoms with E-state index >= 15 is 0 Å². The zero-order valence-corrected chi connectivity index (χ0v) is 24.9. The highest BCUT2D eigenvalue weighted by atomic mass is 28.4. The molecule has 8 atom stereocenters. The van der Waals surface area contributed by atoms with Gasteiger partial charge < -0.3 is 9.16 Å². The summed E-state index contributed by atoms with van der Waals surface area (Å²) >= 11 is 0. The molecule has 0 heterocycles. The molecule has 4 aliphatic rings.